The average Bonchev–Trinajstić information content (AvgIpc) is 2.65. The van der Waals surface area contributed by atoms with Crippen LogP contribution in [0.4, 0.5) is 0 Å². The lowest BCUT2D eigenvalue weighted by atomic mass is 9.94. The standard InChI is InChI=1S/C17H16N4/c1-21-9-8-16(19)14-4-2-3-5-15(14)17(21)12-6-7-13(10-18)20-11-12/h2-8,11,17H,9,19H2,1H3. The summed E-state index contributed by atoms with van der Waals surface area (Å²) in [4.78, 5) is 6.42. The lowest BCUT2D eigenvalue weighted by molar-refractivity contribution is 0.310. The van der Waals surface area contributed by atoms with Gasteiger partial charge in [-0.2, -0.15) is 5.26 Å². The first-order valence-electron chi connectivity index (χ1n) is 6.82. The van der Waals surface area contributed by atoms with Crippen LogP contribution in [0, 0.1) is 11.3 Å². The van der Waals surface area contributed by atoms with Crippen molar-refractivity contribution >= 4 is 5.70 Å². The zero-order valence-electron chi connectivity index (χ0n) is 11.8. The normalized spacial score (nSPS) is 18.3. The zero-order chi connectivity index (χ0) is 14.8. The predicted octanol–water partition coefficient (Wildman–Crippen LogP) is 2.29. The summed E-state index contributed by atoms with van der Waals surface area (Å²) in [6.45, 7) is 0.769. The van der Waals surface area contributed by atoms with Crippen LogP contribution in [0.3, 0.4) is 0 Å². The molecule has 2 aromatic rings. The molecular weight excluding hydrogens is 260 g/mol. The van der Waals surface area contributed by atoms with Gasteiger partial charge in [0.1, 0.15) is 11.8 Å². The van der Waals surface area contributed by atoms with E-state index in [1.165, 1.54) is 0 Å². The van der Waals surface area contributed by atoms with Gasteiger partial charge >= 0.3 is 0 Å². The molecule has 2 heterocycles. The van der Waals surface area contributed by atoms with Crippen molar-refractivity contribution in [2.75, 3.05) is 13.6 Å². The third-order valence-electron chi connectivity index (χ3n) is 3.82. The molecule has 104 valence electrons. The molecular formula is C17H16N4. The van der Waals surface area contributed by atoms with Crippen LogP contribution in [0.25, 0.3) is 5.70 Å². The van der Waals surface area contributed by atoms with Gasteiger partial charge in [0.25, 0.3) is 0 Å². The fourth-order valence-corrected chi connectivity index (χ4v) is 2.76. The molecule has 21 heavy (non-hydrogen) atoms. The van der Waals surface area contributed by atoms with Gasteiger partial charge in [0, 0.05) is 24.0 Å². The van der Waals surface area contributed by atoms with Gasteiger partial charge in [-0.15, -0.1) is 0 Å². The van der Waals surface area contributed by atoms with E-state index in [1.54, 1.807) is 12.3 Å². The summed E-state index contributed by atoms with van der Waals surface area (Å²) in [6, 6.07) is 14.0. The topological polar surface area (TPSA) is 65.9 Å². The first-order valence-corrected chi connectivity index (χ1v) is 6.82. The number of aromatic nitrogens is 1. The number of nitrogens with two attached hydrogens (primary N) is 1. The summed E-state index contributed by atoms with van der Waals surface area (Å²) in [7, 11) is 2.06. The minimum absolute atomic E-state index is 0.0822. The van der Waals surface area contributed by atoms with Crippen molar-refractivity contribution in [3.05, 3.63) is 71.1 Å². The Morgan fingerprint density at radius 1 is 1.29 bits per heavy atom. The number of benzene rings is 1. The smallest absolute Gasteiger partial charge is 0.140 e. The van der Waals surface area contributed by atoms with E-state index in [0.29, 0.717) is 5.69 Å². The monoisotopic (exact) mass is 276 g/mol. The number of nitriles is 1. The van der Waals surface area contributed by atoms with Crippen LogP contribution in [-0.4, -0.2) is 23.5 Å². The van der Waals surface area contributed by atoms with Crippen molar-refractivity contribution in [3.63, 3.8) is 0 Å². The SMILES string of the molecule is CN1CC=C(N)c2ccccc2C1c1ccc(C#N)nc1. The molecule has 1 aliphatic rings. The molecule has 0 radical (unpaired) electrons. The summed E-state index contributed by atoms with van der Waals surface area (Å²) in [6.07, 6.45) is 3.81. The lowest BCUT2D eigenvalue weighted by Crippen LogP contribution is -2.25. The van der Waals surface area contributed by atoms with Gasteiger partial charge in [-0.25, -0.2) is 4.98 Å². The van der Waals surface area contributed by atoms with Crippen LogP contribution >= 0.6 is 0 Å². The maximum Gasteiger partial charge on any atom is 0.140 e. The van der Waals surface area contributed by atoms with Gasteiger partial charge in [-0.05, 0) is 30.3 Å². The number of likely N-dealkylation sites (N-methyl/N-ethyl adjacent to an activating group) is 1. The summed E-state index contributed by atoms with van der Waals surface area (Å²) in [5.41, 5.74) is 10.7. The molecule has 2 N–H and O–H groups in total. The maximum absolute atomic E-state index is 8.88. The van der Waals surface area contributed by atoms with Crippen molar-refractivity contribution in [1.29, 1.82) is 5.26 Å². The van der Waals surface area contributed by atoms with Crippen LogP contribution in [0.1, 0.15) is 28.4 Å². The second-order valence-electron chi connectivity index (χ2n) is 5.18. The first kappa shape index (κ1) is 13.3. The number of nitrogens with zero attached hydrogens (tertiary/aromatic N) is 3. The second-order valence-corrected chi connectivity index (χ2v) is 5.18. The Labute approximate surface area is 124 Å². The van der Waals surface area contributed by atoms with Gasteiger partial charge < -0.3 is 5.73 Å². The van der Waals surface area contributed by atoms with E-state index in [4.69, 9.17) is 11.0 Å². The van der Waals surface area contributed by atoms with Crippen LogP contribution in [0.5, 0.6) is 0 Å². The van der Waals surface area contributed by atoms with Crippen LogP contribution in [0.15, 0.2) is 48.7 Å². The van der Waals surface area contributed by atoms with Crippen molar-refractivity contribution in [1.82, 2.24) is 9.88 Å². The van der Waals surface area contributed by atoms with E-state index in [0.717, 1.165) is 28.9 Å². The van der Waals surface area contributed by atoms with Crippen LogP contribution in [0.2, 0.25) is 0 Å². The molecule has 0 bridgehead atoms. The quantitative estimate of drug-likeness (QED) is 0.868. The Bertz CT molecular complexity index is 725. The molecule has 1 aromatic carbocycles. The molecule has 4 nitrogen and oxygen atoms in total. The number of fused-ring (bicyclic) bond motifs is 1. The minimum atomic E-state index is 0.0822. The lowest BCUT2D eigenvalue weighted by Gasteiger charge is -2.27. The Hall–Kier alpha value is -2.64. The second kappa shape index (κ2) is 5.39. The number of hydrogen-bond acceptors (Lipinski definition) is 4. The summed E-state index contributed by atoms with van der Waals surface area (Å²) >= 11 is 0. The largest absolute Gasteiger partial charge is 0.398 e. The molecule has 1 aliphatic heterocycles. The Morgan fingerprint density at radius 3 is 2.81 bits per heavy atom. The minimum Gasteiger partial charge on any atom is -0.398 e. The summed E-state index contributed by atoms with van der Waals surface area (Å²) < 4.78 is 0. The fraction of sp³-hybridized carbons (Fsp3) is 0.176. The highest BCUT2D eigenvalue weighted by Gasteiger charge is 2.24. The number of pyridine rings is 1. The van der Waals surface area contributed by atoms with E-state index in [2.05, 4.69) is 29.1 Å². The van der Waals surface area contributed by atoms with Crippen LogP contribution in [-0.2, 0) is 0 Å². The van der Waals surface area contributed by atoms with Gasteiger partial charge in [0.2, 0.25) is 0 Å². The molecule has 0 aliphatic carbocycles. The third kappa shape index (κ3) is 2.39. The molecule has 4 heteroatoms. The molecule has 0 amide bonds. The molecule has 0 saturated carbocycles. The van der Waals surface area contributed by atoms with Gasteiger partial charge in [-0.1, -0.05) is 30.3 Å². The molecule has 1 aromatic heterocycles. The van der Waals surface area contributed by atoms with E-state index >= 15 is 0 Å². The summed E-state index contributed by atoms with van der Waals surface area (Å²) in [5, 5.41) is 8.88. The molecule has 0 fully saturated rings. The molecule has 0 spiro atoms. The first-order chi connectivity index (χ1) is 10.2. The van der Waals surface area contributed by atoms with E-state index in [-0.39, 0.29) is 6.04 Å². The fourth-order valence-electron chi connectivity index (χ4n) is 2.76. The van der Waals surface area contributed by atoms with E-state index in [9.17, 15) is 0 Å². The highest BCUT2D eigenvalue weighted by atomic mass is 15.1. The van der Waals surface area contributed by atoms with Crippen molar-refractivity contribution in [3.8, 4) is 6.07 Å². The van der Waals surface area contributed by atoms with E-state index in [1.807, 2.05) is 30.3 Å². The number of rotatable bonds is 1. The zero-order valence-corrected chi connectivity index (χ0v) is 11.8. The maximum atomic E-state index is 8.88. The predicted molar refractivity (Wildman–Crippen MR) is 82.0 cm³/mol. The van der Waals surface area contributed by atoms with Crippen molar-refractivity contribution in [2.45, 2.75) is 6.04 Å². The van der Waals surface area contributed by atoms with Gasteiger partial charge in [-0.3, -0.25) is 4.90 Å². The third-order valence-corrected chi connectivity index (χ3v) is 3.82. The molecule has 0 saturated heterocycles. The van der Waals surface area contributed by atoms with Crippen LogP contribution < -0.4 is 5.73 Å². The Balaban J connectivity index is 2.12. The average molecular weight is 276 g/mol. The van der Waals surface area contributed by atoms with Crippen molar-refractivity contribution < 1.29 is 0 Å². The molecule has 1 unspecified atom stereocenters. The van der Waals surface area contributed by atoms with Gasteiger partial charge in [0.15, 0.2) is 0 Å². The Kier molecular flexibility index (Phi) is 3.43. The van der Waals surface area contributed by atoms with Crippen molar-refractivity contribution in [2.24, 2.45) is 5.73 Å². The Morgan fingerprint density at radius 2 is 2.10 bits per heavy atom. The highest BCUT2D eigenvalue weighted by Crippen LogP contribution is 2.33. The molecule has 3 rings (SSSR count). The van der Waals surface area contributed by atoms with E-state index < -0.39 is 0 Å². The molecule has 1 atom stereocenters. The number of hydrogen-bond donors (Lipinski definition) is 1. The van der Waals surface area contributed by atoms with Gasteiger partial charge in [0.05, 0.1) is 6.04 Å². The highest BCUT2D eigenvalue weighted by molar-refractivity contribution is 5.68. The summed E-state index contributed by atoms with van der Waals surface area (Å²) in [5.74, 6) is 0.